The van der Waals surface area contributed by atoms with Gasteiger partial charge in [-0.05, 0) is 56.3 Å². The molecule has 4 nitrogen and oxygen atoms in total. The molecule has 3 aromatic rings. The molecule has 2 aromatic carbocycles. The number of rotatable bonds is 6. The first-order valence-corrected chi connectivity index (χ1v) is 8.48. The van der Waals surface area contributed by atoms with Crippen molar-refractivity contribution in [3.8, 4) is 0 Å². The van der Waals surface area contributed by atoms with Crippen LogP contribution >= 0.6 is 0 Å². The van der Waals surface area contributed by atoms with Crippen LogP contribution in [0.2, 0.25) is 0 Å². The van der Waals surface area contributed by atoms with Crippen molar-refractivity contribution in [3.63, 3.8) is 0 Å². The number of amides is 1. The Morgan fingerprint density at radius 2 is 1.96 bits per heavy atom. The molecule has 1 aromatic heterocycles. The lowest BCUT2D eigenvalue weighted by atomic mass is 10.0. The third kappa shape index (κ3) is 3.39. The van der Waals surface area contributed by atoms with Crippen molar-refractivity contribution in [2.45, 2.75) is 19.8 Å². The van der Waals surface area contributed by atoms with Crippen LogP contribution in [-0.2, 0) is 6.42 Å². The fraction of sp³-hybridized carbons (Fsp3) is 0.300. The lowest BCUT2D eigenvalue weighted by Gasteiger charge is -2.09. The number of nitrogens with one attached hydrogen (secondary N) is 2. The highest BCUT2D eigenvalue weighted by molar-refractivity contribution is 6.07. The maximum absolute atomic E-state index is 12.5. The zero-order valence-electron chi connectivity index (χ0n) is 14.2. The quantitative estimate of drug-likeness (QED) is 0.541. The number of nitrogens with zero attached hydrogens (tertiary/aromatic N) is 1. The summed E-state index contributed by atoms with van der Waals surface area (Å²) in [5, 5.41) is 8.17. The average molecular weight is 321 g/mol. The number of aryl methyl sites for hydroxylation is 1. The van der Waals surface area contributed by atoms with Gasteiger partial charge in [0, 0.05) is 17.3 Å². The van der Waals surface area contributed by atoms with Gasteiger partial charge in [0.25, 0.3) is 5.91 Å². The summed E-state index contributed by atoms with van der Waals surface area (Å²) in [6.07, 6.45) is 1.91. The van der Waals surface area contributed by atoms with Gasteiger partial charge in [-0.1, -0.05) is 25.1 Å². The number of carbonyl (C=O) groups excluding carboxylic acids is 1. The van der Waals surface area contributed by atoms with E-state index in [9.17, 15) is 4.79 Å². The Labute approximate surface area is 142 Å². The normalized spacial score (nSPS) is 11.1. The Morgan fingerprint density at radius 1 is 1.08 bits per heavy atom. The van der Waals surface area contributed by atoms with Gasteiger partial charge in [-0.3, -0.25) is 4.79 Å². The topological polar surface area (TPSA) is 54.0 Å². The third-order valence-electron chi connectivity index (χ3n) is 4.24. The molecule has 2 N–H and O–H groups in total. The van der Waals surface area contributed by atoms with Crippen LogP contribution in [0.1, 0.15) is 29.3 Å². The van der Waals surface area contributed by atoms with E-state index in [1.165, 1.54) is 5.56 Å². The number of hydrogen-bond donors (Lipinski definition) is 2. The summed E-state index contributed by atoms with van der Waals surface area (Å²) in [5.74, 6) is -0.0614. The summed E-state index contributed by atoms with van der Waals surface area (Å²) in [7, 11) is 1.91. The third-order valence-corrected chi connectivity index (χ3v) is 4.24. The summed E-state index contributed by atoms with van der Waals surface area (Å²) in [6, 6.07) is 14.2. The molecule has 0 aliphatic carbocycles. The van der Waals surface area contributed by atoms with Crippen LogP contribution in [0, 0.1) is 0 Å². The lowest BCUT2D eigenvalue weighted by molar-refractivity contribution is 0.0955. The molecule has 4 heteroatoms. The summed E-state index contributed by atoms with van der Waals surface area (Å²) in [4.78, 5) is 17.2. The van der Waals surface area contributed by atoms with E-state index in [2.05, 4.69) is 35.8 Å². The van der Waals surface area contributed by atoms with E-state index in [0.29, 0.717) is 12.1 Å². The van der Waals surface area contributed by atoms with Gasteiger partial charge in [-0.25, -0.2) is 4.98 Å². The van der Waals surface area contributed by atoms with Gasteiger partial charge >= 0.3 is 0 Å². The number of fused-ring (bicyclic) bond motifs is 2. The van der Waals surface area contributed by atoms with Crippen molar-refractivity contribution in [1.29, 1.82) is 0 Å². The predicted molar refractivity (Wildman–Crippen MR) is 99.5 cm³/mol. The second-order valence-corrected chi connectivity index (χ2v) is 5.96. The second kappa shape index (κ2) is 7.41. The number of aromatic nitrogens is 1. The zero-order chi connectivity index (χ0) is 16.9. The molecule has 1 heterocycles. The van der Waals surface area contributed by atoms with Crippen LogP contribution in [0.5, 0.6) is 0 Å². The van der Waals surface area contributed by atoms with E-state index in [1.807, 2.05) is 31.3 Å². The van der Waals surface area contributed by atoms with Crippen molar-refractivity contribution in [1.82, 2.24) is 15.6 Å². The average Bonchev–Trinajstić information content (AvgIpc) is 2.62. The number of pyridine rings is 1. The van der Waals surface area contributed by atoms with E-state index < -0.39 is 0 Å². The molecule has 0 aliphatic rings. The molecule has 0 radical (unpaired) electrons. The van der Waals surface area contributed by atoms with E-state index in [-0.39, 0.29) is 5.91 Å². The molecule has 124 valence electrons. The Balaban J connectivity index is 1.97. The minimum atomic E-state index is -0.0614. The molecule has 3 rings (SSSR count). The molecule has 0 saturated heterocycles. The van der Waals surface area contributed by atoms with Crippen molar-refractivity contribution in [3.05, 3.63) is 53.6 Å². The number of carbonyl (C=O) groups is 1. The van der Waals surface area contributed by atoms with Crippen LogP contribution in [0.4, 0.5) is 0 Å². The molecule has 0 atom stereocenters. The largest absolute Gasteiger partial charge is 0.352 e. The molecule has 0 fully saturated rings. The first-order valence-electron chi connectivity index (χ1n) is 8.48. The summed E-state index contributed by atoms with van der Waals surface area (Å²) in [6.45, 7) is 3.69. The van der Waals surface area contributed by atoms with E-state index in [4.69, 9.17) is 4.98 Å². The van der Waals surface area contributed by atoms with Crippen molar-refractivity contribution < 1.29 is 4.79 Å². The molecule has 0 aliphatic heterocycles. The first kappa shape index (κ1) is 16.4. The monoisotopic (exact) mass is 321 g/mol. The molecule has 0 unspecified atom stereocenters. The Bertz CT molecular complexity index is 873. The molecular formula is C20H23N3O. The van der Waals surface area contributed by atoms with E-state index in [1.54, 1.807) is 0 Å². The number of hydrogen-bond acceptors (Lipinski definition) is 3. The number of para-hydroxylation sites is 1. The predicted octanol–water partition coefficient (Wildman–Crippen LogP) is 3.29. The summed E-state index contributed by atoms with van der Waals surface area (Å²) < 4.78 is 0. The van der Waals surface area contributed by atoms with Crippen LogP contribution in [0.25, 0.3) is 21.8 Å². The maximum Gasteiger partial charge on any atom is 0.253 e. The molecule has 24 heavy (non-hydrogen) atoms. The molecule has 1 amide bonds. The zero-order valence-corrected chi connectivity index (χ0v) is 14.2. The van der Waals surface area contributed by atoms with Gasteiger partial charge in [-0.2, -0.15) is 0 Å². The standard InChI is InChI=1S/C20H23N3O/c1-3-14-8-9-18-16(12-14)13-15-6-4-7-17(19(15)23-18)20(24)22-11-5-10-21-2/h4,6-9,12-13,21H,3,5,10-11H2,1-2H3,(H,22,24). The van der Waals surface area contributed by atoms with Gasteiger partial charge in [0.2, 0.25) is 0 Å². The number of benzene rings is 2. The van der Waals surface area contributed by atoms with Crippen LogP contribution in [0.3, 0.4) is 0 Å². The highest BCUT2D eigenvalue weighted by atomic mass is 16.1. The minimum Gasteiger partial charge on any atom is -0.352 e. The Hall–Kier alpha value is -2.46. The van der Waals surface area contributed by atoms with Gasteiger partial charge in [0.1, 0.15) is 0 Å². The van der Waals surface area contributed by atoms with Crippen LogP contribution < -0.4 is 10.6 Å². The van der Waals surface area contributed by atoms with Crippen molar-refractivity contribution in [2.75, 3.05) is 20.1 Å². The van der Waals surface area contributed by atoms with Crippen molar-refractivity contribution >= 4 is 27.7 Å². The van der Waals surface area contributed by atoms with Gasteiger partial charge < -0.3 is 10.6 Å². The summed E-state index contributed by atoms with van der Waals surface area (Å²) >= 11 is 0. The second-order valence-electron chi connectivity index (χ2n) is 5.96. The van der Waals surface area contributed by atoms with E-state index >= 15 is 0 Å². The highest BCUT2D eigenvalue weighted by Crippen LogP contribution is 2.23. The minimum absolute atomic E-state index is 0.0614. The Morgan fingerprint density at radius 3 is 2.75 bits per heavy atom. The maximum atomic E-state index is 12.5. The first-order chi connectivity index (χ1) is 11.7. The molecule has 0 spiro atoms. The van der Waals surface area contributed by atoms with Crippen LogP contribution in [0.15, 0.2) is 42.5 Å². The molecule has 0 saturated carbocycles. The fourth-order valence-electron chi connectivity index (χ4n) is 2.88. The fourth-order valence-corrected chi connectivity index (χ4v) is 2.88. The van der Waals surface area contributed by atoms with Crippen molar-refractivity contribution in [2.24, 2.45) is 0 Å². The lowest BCUT2D eigenvalue weighted by Crippen LogP contribution is -2.26. The molecular weight excluding hydrogens is 298 g/mol. The van der Waals surface area contributed by atoms with Crippen LogP contribution in [-0.4, -0.2) is 31.0 Å². The Kier molecular flexibility index (Phi) is 5.06. The molecule has 0 bridgehead atoms. The highest BCUT2D eigenvalue weighted by Gasteiger charge is 2.11. The summed E-state index contributed by atoms with van der Waals surface area (Å²) in [5.41, 5.74) is 3.62. The van der Waals surface area contributed by atoms with Gasteiger partial charge in [0.05, 0.1) is 16.6 Å². The van der Waals surface area contributed by atoms with Gasteiger partial charge in [-0.15, -0.1) is 0 Å². The van der Waals surface area contributed by atoms with E-state index in [0.717, 1.165) is 41.2 Å². The smallest absolute Gasteiger partial charge is 0.253 e. The van der Waals surface area contributed by atoms with Gasteiger partial charge in [0.15, 0.2) is 0 Å². The SMILES string of the molecule is CCc1ccc2nc3c(C(=O)NCCCNC)cccc3cc2c1.